The van der Waals surface area contributed by atoms with Gasteiger partial charge in [-0.1, -0.05) is 13.8 Å². The lowest BCUT2D eigenvalue weighted by atomic mass is 10.1. The van der Waals surface area contributed by atoms with Crippen molar-refractivity contribution in [3.8, 4) is 5.88 Å². The third kappa shape index (κ3) is 3.93. The first-order chi connectivity index (χ1) is 7.11. The van der Waals surface area contributed by atoms with Crippen LogP contribution in [0.1, 0.15) is 20.3 Å². The molecule has 0 aliphatic rings. The number of hydrogen-bond acceptors (Lipinski definition) is 4. The summed E-state index contributed by atoms with van der Waals surface area (Å²) in [6.07, 6.45) is 0.480. The predicted octanol–water partition coefficient (Wildman–Crippen LogP) is 1.47. The van der Waals surface area contributed by atoms with Crippen LogP contribution in [0.2, 0.25) is 0 Å². The molecule has 5 nitrogen and oxygen atoms in total. The highest BCUT2D eigenvalue weighted by atomic mass is 16.5. The van der Waals surface area contributed by atoms with E-state index in [-0.39, 0.29) is 5.91 Å². The van der Waals surface area contributed by atoms with E-state index >= 15 is 0 Å². The predicted molar refractivity (Wildman–Crippen MR) is 56.7 cm³/mol. The van der Waals surface area contributed by atoms with Crippen molar-refractivity contribution in [2.24, 2.45) is 5.92 Å². The minimum Gasteiger partial charge on any atom is -0.480 e. The Kier molecular flexibility index (Phi) is 4.03. The summed E-state index contributed by atoms with van der Waals surface area (Å²) in [6, 6.07) is 3.31. The zero-order chi connectivity index (χ0) is 11.3. The molecule has 1 aromatic heterocycles. The number of anilines is 1. The van der Waals surface area contributed by atoms with Gasteiger partial charge in [-0.05, 0) is 12.0 Å². The molecule has 15 heavy (non-hydrogen) atoms. The van der Waals surface area contributed by atoms with Gasteiger partial charge in [0.05, 0.1) is 7.11 Å². The number of carbonyl (C=O) groups excluding carboxylic acids is 1. The van der Waals surface area contributed by atoms with Crippen LogP contribution in [0, 0.1) is 5.92 Å². The molecule has 1 rings (SSSR count). The number of methoxy groups -OCH3 is 1. The molecule has 0 aliphatic carbocycles. The Morgan fingerprint density at radius 3 is 2.67 bits per heavy atom. The molecule has 0 unspecified atom stereocenters. The van der Waals surface area contributed by atoms with Gasteiger partial charge in [-0.15, -0.1) is 10.2 Å². The maximum Gasteiger partial charge on any atom is 0.233 e. The number of nitrogens with one attached hydrogen (secondary N) is 1. The van der Waals surface area contributed by atoms with E-state index in [4.69, 9.17) is 4.74 Å². The maximum absolute atomic E-state index is 11.4. The third-order valence-corrected chi connectivity index (χ3v) is 1.71. The Morgan fingerprint density at radius 2 is 2.20 bits per heavy atom. The van der Waals surface area contributed by atoms with Gasteiger partial charge in [0.1, 0.15) is 0 Å². The van der Waals surface area contributed by atoms with Crippen molar-refractivity contribution in [3.05, 3.63) is 12.1 Å². The summed E-state index contributed by atoms with van der Waals surface area (Å²) in [5, 5.41) is 10.2. The second kappa shape index (κ2) is 5.29. The molecule has 1 amide bonds. The van der Waals surface area contributed by atoms with Crippen molar-refractivity contribution in [1.29, 1.82) is 0 Å². The average molecular weight is 209 g/mol. The fourth-order valence-electron chi connectivity index (χ4n) is 1.06. The zero-order valence-electron chi connectivity index (χ0n) is 9.15. The molecule has 0 saturated heterocycles. The van der Waals surface area contributed by atoms with Crippen molar-refractivity contribution in [2.75, 3.05) is 12.4 Å². The highest BCUT2D eigenvalue weighted by Gasteiger charge is 2.06. The molecule has 0 fully saturated rings. The number of ether oxygens (including phenoxy) is 1. The minimum atomic E-state index is -0.0514. The summed E-state index contributed by atoms with van der Waals surface area (Å²) in [6.45, 7) is 3.97. The number of carbonyl (C=O) groups is 1. The van der Waals surface area contributed by atoms with Gasteiger partial charge in [0.2, 0.25) is 11.8 Å². The van der Waals surface area contributed by atoms with Gasteiger partial charge in [-0.25, -0.2) is 0 Å². The fourth-order valence-corrected chi connectivity index (χ4v) is 1.06. The first kappa shape index (κ1) is 11.4. The van der Waals surface area contributed by atoms with Crippen LogP contribution in [-0.2, 0) is 4.79 Å². The SMILES string of the molecule is COc1ccc(NC(=O)CC(C)C)nn1. The molecule has 82 valence electrons. The summed E-state index contributed by atoms with van der Waals surface area (Å²) in [7, 11) is 1.51. The normalized spacial score (nSPS) is 10.1. The molecule has 1 aromatic rings. The quantitative estimate of drug-likeness (QED) is 0.815. The van der Waals surface area contributed by atoms with Gasteiger partial charge < -0.3 is 10.1 Å². The maximum atomic E-state index is 11.4. The summed E-state index contributed by atoms with van der Waals surface area (Å²) >= 11 is 0. The Morgan fingerprint density at radius 1 is 1.47 bits per heavy atom. The molecule has 0 bridgehead atoms. The van der Waals surface area contributed by atoms with Crippen LogP contribution in [0.25, 0.3) is 0 Å². The van der Waals surface area contributed by atoms with Crippen LogP contribution in [0.5, 0.6) is 5.88 Å². The van der Waals surface area contributed by atoms with Crippen molar-refractivity contribution >= 4 is 11.7 Å². The van der Waals surface area contributed by atoms with Gasteiger partial charge in [0, 0.05) is 12.5 Å². The van der Waals surface area contributed by atoms with E-state index in [0.29, 0.717) is 24.0 Å². The van der Waals surface area contributed by atoms with Gasteiger partial charge in [-0.2, -0.15) is 0 Å². The molecule has 1 N–H and O–H groups in total. The molecule has 5 heteroatoms. The van der Waals surface area contributed by atoms with Crippen LogP contribution >= 0.6 is 0 Å². The van der Waals surface area contributed by atoms with Crippen molar-refractivity contribution < 1.29 is 9.53 Å². The molecular formula is C10H15N3O2. The first-order valence-corrected chi connectivity index (χ1v) is 4.79. The molecular weight excluding hydrogens is 194 g/mol. The highest BCUT2D eigenvalue weighted by Crippen LogP contribution is 2.08. The van der Waals surface area contributed by atoms with E-state index in [1.807, 2.05) is 13.8 Å². The largest absolute Gasteiger partial charge is 0.480 e. The number of nitrogens with zero attached hydrogens (tertiary/aromatic N) is 2. The van der Waals surface area contributed by atoms with E-state index in [2.05, 4.69) is 15.5 Å². The van der Waals surface area contributed by atoms with Crippen molar-refractivity contribution in [2.45, 2.75) is 20.3 Å². The molecule has 0 aliphatic heterocycles. The summed E-state index contributed by atoms with van der Waals surface area (Å²) in [5.74, 6) is 1.15. The van der Waals surface area contributed by atoms with Crippen LogP contribution in [0.15, 0.2) is 12.1 Å². The van der Waals surface area contributed by atoms with Crippen LogP contribution in [0.3, 0.4) is 0 Å². The molecule has 0 spiro atoms. The summed E-state index contributed by atoms with van der Waals surface area (Å²) in [5.41, 5.74) is 0. The number of rotatable bonds is 4. The van der Waals surface area contributed by atoms with Crippen LogP contribution in [0.4, 0.5) is 5.82 Å². The van der Waals surface area contributed by atoms with Crippen LogP contribution in [-0.4, -0.2) is 23.2 Å². The Balaban J connectivity index is 2.53. The van der Waals surface area contributed by atoms with Gasteiger partial charge >= 0.3 is 0 Å². The van der Waals surface area contributed by atoms with E-state index in [1.165, 1.54) is 7.11 Å². The van der Waals surface area contributed by atoms with Gasteiger partial charge in [0.25, 0.3) is 0 Å². The Labute approximate surface area is 88.9 Å². The average Bonchev–Trinajstić information content (AvgIpc) is 2.17. The van der Waals surface area contributed by atoms with Crippen LogP contribution < -0.4 is 10.1 Å². The first-order valence-electron chi connectivity index (χ1n) is 4.79. The smallest absolute Gasteiger partial charge is 0.233 e. The monoisotopic (exact) mass is 209 g/mol. The number of aromatic nitrogens is 2. The molecule has 1 heterocycles. The number of amides is 1. The van der Waals surface area contributed by atoms with Crippen molar-refractivity contribution in [3.63, 3.8) is 0 Å². The zero-order valence-corrected chi connectivity index (χ0v) is 9.15. The van der Waals surface area contributed by atoms with E-state index < -0.39 is 0 Å². The lowest BCUT2D eigenvalue weighted by molar-refractivity contribution is -0.116. The van der Waals surface area contributed by atoms with E-state index in [1.54, 1.807) is 12.1 Å². The van der Waals surface area contributed by atoms with Gasteiger partial charge in [-0.3, -0.25) is 4.79 Å². The standard InChI is InChI=1S/C10H15N3O2/c1-7(2)6-9(14)11-8-4-5-10(15-3)13-12-8/h4-5,7H,6H2,1-3H3,(H,11,12,14). The second-order valence-electron chi connectivity index (χ2n) is 3.61. The topological polar surface area (TPSA) is 64.1 Å². The second-order valence-corrected chi connectivity index (χ2v) is 3.61. The Bertz CT molecular complexity index is 322. The highest BCUT2D eigenvalue weighted by molar-refractivity contribution is 5.89. The van der Waals surface area contributed by atoms with E-state index in [0.717, 1.165) is 0 Å². The van der Waals surface area contributed by atoms with E-state index in [9.17, 15) is 4.79 Å². The van der Waals surface area contributed by atoms with Crippen molar-refractivity contribution in [1.82, 2.24) is 10.2 Å². The summed E-state index contributed by atoms with van der Waals surface area (Å²) in [4.78, 5) is 11.4. The lowest BCUT2D eigenvalue weighted by Gasteiger charge is -2.05. The third-order valence-electron chi connectivity index (χ3n) is 1.71. The molecule has 0 radical (unpaired) electrons. The molecule has 0 aromatic carbocycles. The van der Waals surface area contributed by atoms with Gasteiger partial charge in [0.15, 0.2) is 5.82 Å². The Hall–Kier alpha value is -1.65. The lowest BCUT2D eigenvalue weighted by Crippen LogP contribution is -2.15. The minimum absolute atomic E-state index is 0.0514. The molecule has 0 saturated carbocycles. The molecule has 0 atom stereocenters. The summed E-state index contributed by atoms with van der Waals surface area (Å²) < 4.78 is 4.85. The number of hydrogen-bond donors (Lipinski definition) is 1. The fraction of sp³-hybridized carbons (Fsp3) is 0.500.